The number of halogens is 2. The van der Waals surface area contributed by atoms with Crippen LogP contribution in [0.3, 0.4) is 0 Å². The molecule has 0 aliphatic carbocycles. The summed E-state index contributed by atoms with van der Waals surface area (Å²) in [5.74, 6) is 0.432. The van der Waals surface area contributed by atoms with Crippen LogP contribution < -0.4 is 5.32 Å². The number of rotatable bonds is 6. The highest BCUT2D eigenvalue weighted by Gasteiger charge is 2.20. The molecule has 0 aliphatic heterocycles. The van der Waals surface area contributed by atoms with Gasteiger partial charge in [-0.05, 0) is 33.3 Å². The average Bonchev–Trinajstić information content (AvgIpc) is 2.46. The molecule has 0 unspecified atom stereocenters. The smallest absolute Gasteiger partial charge is 0.162 e. The summed E-state index contributed by atoms with van der Waals surface area (Å²) in [5, 5.41) is 12.9. The lowest BCUT2D eigenvalue weighted by Gasteiger charge is -2.15. The van der Waals surface area contributed by atoms with Gasteiger partial charge in [-0.3, -0.25) is 0 Å². The number of nitrogens with zero attached hydrogens (tertiary/aromatic N) is 3. The fourth-order valence-corrected chi connectivity index (χ4v) is 2.10. The van der Waals surface area contributed by atoms with Gasteiger partial charge in [0.15, 0.2) is 5.82 Å². The predicted octanol–water partition coefficient (Wildman–Crippen LogP) is 3.58. The van der Waals surface area contributed by atoms with Crippen LogP contribution in [-0.2, 0) is 5.67 Å². The third-order valence-electron chi connectivity index (χ3n) is 3.33. The van der Waals surface area contributed by atoms with E-state index in [-0.39, 0.29) is 0 Å². The Morgan fingerprint density at radius 3 is 2.48 bits per heavy atom. The summed E-state index contributed by atoms with van der Waals surface area (Å²) in [6.45, 7) is 5.21. The number of pyridine rings is 1. The van der Waals surface area contributed by atoms with Crippen LogP contribution in [0, 0.1) is 0 Å². The summed E-state index contributed by atoms with van der Waals surface area (Å²) in [6.07, 6.45) is 4.70. The summed E-state index contributed by atoms with van der Waals surface area (Å²) in [4.78, 5) is 12.5. The van der Waals surface area contributed by atoms with E-state index in [1.807, 2.05) is 0 Å². The van der Waals surface area contributed by atoms with Crippen LogP contribution in [0.4, 0.5) is 10.1 Å². The van der Waals surface area contributed by atoms with Crippen LogP contribution in [0.15, 0.2) is 24.7 Å². The number of nitrogens with one attached hydrogen (secondary N) is 1. The van der Waals surface area contributed by atoms with E-state index >= 15 is 0 Å². The van der Waals surface area contributed by atoms with Gasteiger partial charge in [0.2, 0.25) is 0 Å². The Labute approximate surface area is 140 Å². The maximum atomic E-state index is 13.9. The molecule has 2 aromatic rings. The van der Waals surface area contributed by atoms with Gasteiger partial charge >= 0.3 is 0 Å². The molecule has 2 rings (SSSR count). The molecular formula is C16H20ClFN4O. The molecule has 5 nitrogen and oxygen atoms in total. The van der Waals surface area contributed by atoms with Gasteiger partial charge in [-0.25, -0.2) is 19.3 Å². The van der Waals surface area contributed by atoms with Gasteiger partial charge < -0.3 is 10.4 Å². The maximum Gasteiger partial charge on any atom is 0.162 e. The number of aliphatic hydroxyl groups excluding tert-OH is 1. The molecule has 0 saturated carbocycles. The van der Waals surface area contributed by atoms with Crippen molar-refractivity contribution in [1.82, 2.24) is 15.0 Å². The predicted molar refractivity (Wildman–Crippen MR) is 89.2 cm³/mol. The molecule has 7 heteroatoms. The molecule has 0 bridgehead atoms. The summed E-state index contributed by atoms with van der Waals surface area (Å²) >= 11 is 5.94. The quantitative estimate of drug-likeness (QED) is 0.788. The maximum absolute atomic E-state index is 13.9. The Morgan fingerprint density at radius 1 is 1.26 bits per heavy atom. The van der Waals surface area contributed by atoms with Gasteiger partial charge in [0, 0.05) is 36.4 Å². The third kappa shape index (κ3) is 4.84. The molecule has 0 fully saturated rings. The van der Waals surface area contributed by atoms with Crippen molar-refractivity contribution in [3.63, 3.8) is 0 Å². The molecular weight excluding hydrogens is 319 g/mol. The van der Waals surface area contributed by atoms with E-state index in [2.05, 4.69) is 20.3 Å². The Kier molecular flexibility index (Phi) is 5.49. The Hall–Kier alpha value is -1.79. The molecule has 124 valence electrons. The molecule has 0 aromatic carbocycles. The van der Waals surface area contributed by atoms with E-state index in [0.29, 0.717) is 35.1 Å². The van der Waals surface area contributed by atoms with Crippen LogP contribution in [0.2, 0.25) is 5.15 Å². The molecule has 2 N–H and O–H groups in total. The van der Waals surface area contributed by atoms with Gasteiger partial charge in [0.1, 0.15) is 10.8 Å². The van der Waals surface area contributed by atoms with Gasteiger partial charge in [-0.2, -0.15) is 0 Å². The first-order valence-electron chi connectivity index (χ1n) is 7.36. The molecule has 23 heavy (non-hydrogen) atoms. The van der Waals surface area contributed by atoms with Crippen LogP contribution in [0.5, 0.6) is 0 Å². The van der Waals surface area contributed by atoms with Gasteiger partial charge in [0.25, 0.3) is 0 Å². The Balaban J connectivity index is 2.27. The first-order valence-corrected chi connectivity index (χ1v) is 7.74. The number of anilines is 1. The molecule has 0 saturated heterocycles. The second-order valence-corrected chi connectivity index (χ2v) is 6.27. The normalized spacial score (nSPS) is 13.0. The minimum absolute atomic E-state index is 0.342. The van der Waals surface area contributed by atoms with E-state index in [4.69, 9.17) is 11.6 Å². The highest BCUT2D eigenvalue weighted by atomic mass is 35.5. The van der Waals surface area contributed by atoms with Crippen LogP contribution in [-0.4, -0.2) is 32.7 Å². The van der Waals surface area contributed by atoms with E-state index < -0.39 is 11.8 Å². The zero-order valence-corrected chi connectivity index (χ0v) is 14.1. The zero-order valence-electron chi connectivity index (χ0n) is 13.3. The molecule has 0 spiro atoms. The van der Waals surface area contributed by atoms with Crippen molar-refractivity contribution in [3.05, 3.63) is 35.4 Å². The lowest BCUT2D eigenvalue weighted by atomic mass is 10.0. The van der Waals surface area contributed by atoms with Crippen molar-refractivity contribution in [3.8, 4) is 11.4 Å². The number of alkyl halides is 1. The minimum Gasteiger partial charge on any atom is -0.393 e. The second kappa shape index (κ2) is 7.19. The number of aromatic nitrogens is 3. The van der Waals surface area contributed by atoms with Gasteiger partial charge in [-0.1, -0.05) is 11.6 Å². The number of aliphatic hydroxyl groups is 1. The van der Waals surface area contributed by atoms with E-state index in [0.717, 1.165) is 5.69 Å². The standard InChI is InChI=1S/C16H20ClFN4O/c1-10(23)4-5-19-13-6-14(17)20-9-12(13)15-21-7-11(8-22-15)16(2,3)18/h6-10,23H,4-5H2,1-3H3,(H,19,20)/t10-/m1/s1. The highest BCUT2D eigenvalue weighted by Crippen LogP contribution is 2.28. The Bertz CT molecular complexity index is 656. The summed E-state index contributed by atoms with van der Waals surface area (Å²) < 4.78 is 13.9. The van der Waals surface area contributed by atoms with Gasteiger partial charge in [-0.15, -0.1) is 0 Å². The largest absolute Gasteiger partial charge is 0.393 e. The van der Waals surface area contributed by atoms with Crippen molar-refractivity contribution in [2.45, 2.75) is 39.0 Å². The summed E-state index contributed by atoms with van der Waals surface area (Å²) in [7, 11) is 0. The molecule has 2 heterocycles. The monoisotopic (exact) mass is 338 g/mol. The molecule has 2 aromatic heterocycles. The Morgan fingerprint density at radius 2 is 1.91 bits per heavy atom. The third-order valence-corrected chi connectivity index (χ3v) is 3.53. The highest BCUT2D eigenvalue weighted by molar-refractivity contribution is 6.29. The fraction of sp³-hybridized carbons (Fsp3) is 0.438. The summed E-state index contributed by atoms with van der Waals surface area (Å²) in [6, 6.07) is 1.68. The van der Waals surface area contributed by atoms with E-state index in [9.17, 15) is 9.50 Å². The number of hydrogen-bond donors (Lipinski definition) is 2. The van der Waals surface area contributed by atoms with Crippen molar-refractivity contribution in [2.24, 2.45) is 0 Å². The molecule has 0 radical (unpaired) electrons. The summed E-state index contributed by atoms with van der Waals surface area (Å²) in [5.41, 5.74) is 0.308. The van der Waals surface area contributed by atoms with Crippen molar-refractivity contribution < 1.29 is 9.50 Å². The first kappa shape index (κ1) is 17.6. The van der Waals surface area contributed by atoms with Crippen molar-refractivity contribution in [2.75, 3.05) is 11.9 Å². The van der Waals surface area contributed by atoms with Crippen molar-refractivity contribution >= 4 is 17.3 Å². The van der Waals surface area contributed by atoms with Gasteiger partial charge in [0.05, 0.1) is 11.7 Å². The molecule has 0 amide bonds. The van der Waals surface area contributed by atoms with E-state index in [1.54, 1.807) is 19.2 Å². The number of hydrogen-bond acceptors (Lipinski definition) is 5. The lowest BCUT2D eigenvalue weighted by molar-refractivity contribution is 0.189. The first-order chi connectivity index (χ1) is 10.8. The second-order valence-electron chi connectivity index (χ2n) is 5.88. The minimum atomic E-state index is -1.49. The molecule has 1 atom stereocenters. The fourth-order valence-electron chi connectivity index (χ4n) is 1.94. The van der Waals surface area contributed by atoms with Crippen LogP contribution in [0.1, 0.15) is 32.8 Å². The van der Waals surface area contributed by atoms with Crippen LogP contribution >= 0.6 is 11.6 Å². The molecule has 0 aliphatic rings. The lowest BCUT2D eigenvalue weighted by Crippen LogP contribution is -2.12. The van der Waals surface area contributed by atoms with E-state index in [1.165, 1.54) is 26.2 Å². The zero-order chi connectivity index (χ0) is 17.0. The SMILES string of the molecule is C[C@@H](O)CCNc1cc(Cl)ncc1-c1ncc(C(C)(C)F)cn1. The van der Waals surface area contributed by atoms with Crippen LogP contribution in [0.25, 0.3) is 11.4 Å². The average molecular weight is 339 g/mol. The topological polar surface area (TPSA) is 70.9 Å². The van der Waals surface area contributed by atoms with Crippen molar-refractivity contribution in [1.29, 1.82) is 0 Å².